The third-order valence-corrected chi connectivity index (χ3v) is 2.34. The molecule has 0 aromatic heterocycles. The molecule has 1 heterocycles. The van der Waals surface area contributed by atoms with Gasteiger partial charge in [-0.3, -0.25) is 0 Å². The molecule has 0 radical (unpaired) electrons. The Morgan fingerprint density at radius 3 is 0.909 bits per heavy atom. The summed E-state index contributed by atoms with van der Waals surface area (Å²) >= 11 is 0. The van der Waals surface area contributed by atoms with E-state index in [9.17, 15) is 39.6 Å². The Kier molecular flexibility index (Phi) is 26.2. The van der Waals surface area contributed by atoms with Crippen molar-refractivity contribution in [3.63, 3.8) is 0 Å². The molecular weight excluding hydrogens is 355 g/mol. The molecule has 4 atom stereocenters. The fourth-order valence-electron chi connectivity index (χ4n) is 1.65. The average molecular weight is 359 g/mol. The molecule has 0 N–H and O–H groups in total. The van der Waals surface area contributed by atoms with Gasteiger partial charge in [-0.2, -0.15) is 0 Å². The van der Waals surface area contributed by atoms with Gasteiger partial charge >= 0.3 is 148 Å². The van der Waals surface area contributed by atoms with Crippen LogP contribution in [-0.2, 0) is 23.9 Å². The van der Waals surface area contributed by atoms with Crippen LogP contribution in [0.3, 0.4) is 0 Å². The van der Waals surface area contributed by atoms with Crippen molar-refractivity contribution in [3.05, 3.63) is 0 Å². The predicted molar refractivity (Wildman–Crippen MR) is 35.7 cm³/mol. The Balaban J connectivity index is -0.000000193. The molecule has 0 amide bonds. The minimum atomic E-state index is -2.24. The van der Waals surface area contributed by atoms with Crippen LogP contribution < -0.4 is 168 Å². The Morgan fingerprint density at radius 2 is 0.773 bits per heavy atom. The van der Waals surface area contributed by atoms with E-state index in [0.29, 0.717) is 0 Å². The van der Waals surface area contributed by atoms with Crippen LogP contribution in [0, 0.1) is 11.8 Å². The normalized spacial score (nSPS) is 24.7. The van der Waals surface area contributed by atoms with Gasteiger partial charge in [-0.25, -0.2) is 0 Å². The SMILES string of the molecule is O=C([O-])C1OC(C(=O)[O-])C(C(=O)[O-])C1C(=O)[O-].[Na+].[Na+].[Na+].[Na+].[Na+]. The van der Waals surface area contributed by atoms with Crippen LogP contribution in [0.1, 0.15) is 0 Å². The largest absolute Gasteiger partial charge is 1.00 e. The van der Waals surface area contributed by atoms with E-state index >= 15 is 0 Å². The van der Waals surface area contributed by atoms with Crippen molar-refractivity contribution in [3.8, 4) is 0 Å². The number of ether oxygens (including phenoxy) is 1. The Morgan fingerprint density at radius 1 is 0.545 bits per heavy atom. The van der Waals surface area contributed by atoms with Gasteiger partial charge < -0.3 is 44.3 Å². The van der Waals surface area contributed by atoms with Gasteiger partial charge in [-0.1, -0.05) is 0 Å². The summed E-state index contributed by atoms with van der Waals surface area (Å²) in [6.07, 6.45) is -4.49. The number of carboxylic acids is 4. The number of carboxylic acid groups (broad SMARTS) is 4. The third-order valence-electron chi connectivity index (χ3n) is 2.34. The summed E-state index contributed by atoms with van der Waals surface area (Å²) in [5.41, 5.74) is 0. The summed E-state index contributed by atoms with van der Waals surface area (Å²) in [7, 11) is 0. The smallest absolute Gasteiger partial charge is 0.550 e. The monoisotopic (exact) mass is 359 g/mol. The van der Waals surface area contributed by atoms with Crippen molar-refractivity contribution in [1.82, 2.24) is 0 Å². The number of carbonyl (C=O) groups is 4. The second-order valence-corrected chi connectivity index (χ2v) is 3.30. The second kappa shape index (κ2) is 16.0. The molecule has 0 aromatic carbocycles. The number of hydrogen-bond donors (Lipinski definition) is 0. The zero-order valence-corrected chi connectivity index (χ0v) is 23.0. The maximum absolute atomic E-state index is 10.6. The van der Waals surface area contributed by atoms with Gasteiger partial charge in [-0.05, 0) is 0 Å². The summed E-state index contributed by atoms with van der Waals surface area (Å²) in [6.45, 7) is 0. The van der Waals surface area contributed by atoms with Crippen LogP contribution in [0.4, 0.5) is 0 Å². The molecule has 0 aliphatic carbocycles. The van der Waals surface area contributed by atoms with E-state index in [1.807, 2.05) is 0 Å². The van der Waals surface area contributed by atoms with Gasteiger partial charge in [0.2, 0.25) is 0 Å². The zero-order chi connectivity index (χ0) is 13.3. The fourth-order valence-corrected chi connectivity index (χ4v) is 1.65. The van der Waals surface area contributed by atoms with Crippen LogP contribution in [-0.4, -0.2) is 36.1 Å². The molecular formula is C8H4Na5O9+. The van der Waals surface area contributed by atoms with Crippen molar-refractivity contribution in [2.75, 3.05) is 0 Å². The summed E-state index contributed by atoms with van der Waals surface area (Å²) in [5.74, 6) is -12.7. The number of rotatable bonds is 4. The van der Waals surface area contributed by atoms with Crippen molar-refractivity contribution in [1.29, 1.82) is 0 Å². The molecule has 0 aromatic rings. The van der Waals surface area contributed by atoms with Crippen LogP contribution >= 0.6 is 0 Å². The molecule has 1 fully saturated rings. The Bertz CT molecular complexity index is 367. The molecule has 0 saturated carbocycles. The third kappa shape index (κ3) is 8.98. The van der Waals surface area contributed by atoms with Crippen molar-refractivity contribution in [2.24, 2.45) is 11.8 Å². The molecule has 4 unspecified atom stereocenters. The molecule has 94 valence electrons. The van der Waals surface area contributed by atoms with Crippen molar-refractivity contribution in [2.45, 2.75) is 12.2 Å². The van der Waals surface area contributed by atoms with Gasteiger partial charge in [0.05, 0.1) is 11.9 Å². The molecule has 0 bridgehead atoms. The van der Waals surface area contributed by atoms with E-state index in [4.69, 9.17) is 0 Å². The first kappa shape index (κ1) is 35.9. The summed E-state index contributed by atoms with van der Waals surface area (Å²) < 4.78 is 4.27. The van der Waals surface area contributed by atoms with Gasteiger partial charge in [0.15, 0.2) is 0 Å². The fraction of sp³-hybridized carbons (Fsp3) is 0.500. The van der Waals surface area contributed by atoms with Crippen molar-refractivity contribution >= 4 is 23.9 Å². The first-order valence-corrected chi connectivity index (χ1v) is 4.26. The van der Waals surface area contributed by atoms with E-state index < -0.39 is 47.9 Å². The number of carbonyl (C=O) groups excluding carboxylic acids is 4. The van der Waals surface area contributed by atoms with Gasteiger partial charge in [-0.15, -0.1) is 0 Å². The maximum Gasteiger partial charge on any atom is 1.00 e. The second-order valence-electron chi connectivity index (χ2n) is 3.30. The van der Waals surface area contributed by atoms with Crippen molar-refractivity contribution < 1.29 is 192 Å². The molecule has 14 heteroatoms. The minimum absolute atomic E-state index is 0. The van der Waals surface area contributed by atoms with E-state index in [1.165, 1.54) is 0 Å². The van der Waals surface area contributed by atoms with E-state index in [0.717, 1.165) is 0 Å². The predicted octanol–water partition coefficient (Wildman–Crippen LogP) is -22.0. The Labute approximate surface area is 235 Å². The first-order valence-electron chi connectivity index (χ1n) is 4.26. The Hall–Kier alpha value is 2.84. The first-order chi connectivity index (χ1) is 7.77. The molecule has 1 rings (SSSR count). The molecule has 1 aliphatic heterocycles. The topological polar surface area (TPSA) is 170 Å². The van der Waals surface area contributed by atoms with E-state index in [1.54, 1.807) is 0 Å². The zero-order valence-electron chi connectivity index (χ0n) is 13.0. The standard InChI is InChI=1S/C8H8O9.5Na/c9-5(10)1-2(6(11)12)4(8(15)16)17-3(1)7(13)14;;;;;/h1-4H,(H,9,10)(H,11,12)(H,13,14)(H,15,16);;;;;/q;5*+1/p-4. The quantitative estimate of drug-likeness (QED) is 0.442. The summed E-state index contributed by atoms with van der Waals surface area (Å²) in [6, 6.07) is 0. The van der Waals surface area contributed by atoms with E-state index in [2.05, 4.69) is 4.74 Å². The van der Waals surface area contributed by atoms with Gasteiger partial charge in [0, 0.05) is 23.8 Å². The molecule has 22 heavy (non-hydrogen) atoms. The van der Waals surface area contributed by atoms with Crippen LogP contribution in [0.25, 0.3) is 0 Å². The maximum atomic E-state index is 10.6. The van der Waals surface area contributed by atoms with Crippen LogP contribution in [0.15, 0.2) is 0 Å². The summed E-state index contributed by atoms with van der Waals surface area (Å²) in [5, 5.41) is 42.2. The van der Waals surface area contributed by atoms with E-state index in [-0.39, 0.29) is 148 Å². The molecule has 0 spiro atoms. The molecule has 9 nitrogen and oxygen atoms in total. The average Bonchev–Trinajstić information content (AvgIpc) is 2.56. The van der Waals surface area contributed by atoms with Gasteiger partial charge in [0.25, 0.3) is 0 Å². The minimum Gasteiger partial charge on any atom is -0.550 e. The molecule has 1 saturated heterocycles. The molecule has 1 aliphatic rings. The number of hydrogen-bond acceptors (Lipinski definition) is 9. The van der Waals surface area contributed by atoms with Crippen LogP contribution in [0.2, 0.25) is 0 Å². The summed E-state index contributed by atoms with van der Waals surface area (Å²) in [4.78, 5) is 42.2. The number of aliphatic carboxylic acids is 4. The van der Waals surface area contributed by atoms with Crippen LogP contribution in [0.5, 0.6) is 0 Å². The van der Waals surface area contributed by atoms with Gasteiger partial charge in [0.1, 0.15) is 12.2 Å².